The van der Waals surface area contributed by atoms with E-state index in [0.29, 0.717) is 0 Å². The van der Waals surface area contributed by atoms with Crippen molar-refractivity contribution < 1.29 is 85.1 Å². The van der Waals surface area contributed by atoms with Crippen molar-refractivity contribution in [1.82, 2.24) is 0 Å². The molecule has 222 valence electrons. The Hall–Kier alpha value is 0.935. The largest absolute Gasteiger partial charge is 0.667 e. The number of fused-ring (bicyclic) bond motifs is 4. The zero-order valence-electron chi connectivity index (χ0n) is 22.2. The van der Waals surface area contributed by atoms with E-state index in [4.69, 9.17) is 85.1 Å². The zero-order valence-corrected chi connectivity index (χ0v) is 30.2. The minimum absolute atomic E-state index is 1.21. The normalized spacial score (nSPS) is 48.5. The minimum atomic E-state index is -4.69. The highest BCUT2D eigenvalue weighted by Gasteiger charge is 2.86. The van der Waals surface area contributed by atoms with Crippen LogP contribution in [-0.4, -0.2) is 136 Å². The van der Waals surface area contributed by atoms with Crippen LogP contribution in [-0.2, 0) is 85.1 Å². The Labute approximate surface area is 227 Å². The molecule has 4 heterocycles. The van der Waals surface area contributed by atoms with Gasteiger partial charge >= 0.3 is 72.1 Å². The summed E-state index contributed by atoms with van der Waals surface area (Å²) in [5, 5.41) is 0. The van der Waals surface area contributed by atoms with Gasteiger partial charge in [0.05, 0.1) is 0 Å². The van der Waals surface area contributed by atoms with Crippen LogP contribution in [0.4, 0.5) is 0 Å². The Bertz CT molecular complexity index is 818. The second-order valence-corrected chi connectivity index (χ2v) is 28.7. The van der Waals surface area contributed by atoms with Crippen molar-refractivity contribution in [3.05, 3.63) is 0 Å². The Morgan fingerprint density at radius 3 is 0.737 bits per heavy atom. The van der Waals surface area contributed by atoms with Gasteiger partial charge in [0.25, 0.3) is 0 Å². The third-order valence-electron chi connectivity index (χ3n) is 5.24. The van der Waals surface area contributed by atoms with E-state index in [1.165, 1.54) is 70.5 Å². The van der Waals surface area contributed by atoms with Gasteiger partial charge < -0.3 is 85.1 Å². The van der Waals surface area contributed by atoms with E-state index in [2.05, 4.69) is 0 Å². The molecule has 4 rings (SSSR count). The molecule has 4 aliphatic heterocycles. The van der Waals surface area contributed by atoms with E-state index in [-0.39, 0.29) is 0 Å². The average Bonchev–Trinajstić information content (AvgIpc) is 2.88. The SMILES string of the molecule is CO[Si]1(C)O[Si]2(OC)O[Si]3(OC)O[Si]4(OC)O[Si](OC)(O[Si](OC)(OC)O[Si@](OC)(O2)O4)O[Si@](OC)(O1)O3. The van der Waals surface area contributed by atoms with Crippen molar-refractivity contribution in [3.63, 3.8) is 0 Å². The van der Waals surface area contributed by atoms with Crippen molar-refractivity contribution in [3.8, 4) is 0 Å². The molecule has 0 amide bonds. The van der Waals surface area contributed by atoms with Gasteiger partial charge in [-0.2, -0.15) is 0 Å². The summed E-state index contributed by atoms with van der Waals surface area (Å²) in [7, 11) is -25.1. The van der Waals surface area contributed by atoms with Crippen LogP contribution in [0.2, 0.25) is 6.55 Å². The van der Waals surface area contributed by atoms with Crippen molar-refractivity contribution in [2.45, 2.75) is 6.55 Å². The first kappa shape index (κ1) is 31.9. The fourth-order valence-corrected chi connectivity index (χ4v) is 37.0. The first-order chi connectivity index (χ1) is 17.8. The third kappa shape index (κ3) is 5.41. The van der Waals surface area contributed by atoms with Crippen LogP contribution < -0.4 is 0 Å². The van der Waals surface area contributed by atoms with Crippen LogP contribution in [0, 0.1) is 0 Å². The summed E-state index contributed by atoms with van der Waals surface area (Å²) in [6.45, 7) is 1.48. The fourth-order valence-electron chi connectivity index (χ4n) is 3.33. The van der Waals surface area contributed by atoms with Crippen LogP contribution in [0.5, 0.6) is 0 Å². The third-order valence-corrected chi connectivity index (χ3v) is 32.9. The van der Waals surface area contributed by atoms with E-state index < -0.39 is 72.1 Å². The highest BCUT2D eigenvalue weighted by Crippen LogP contribution is 2.45. The smallest absolute Gasteiger partial charge is 0.378 e. The molecule has 0 aliphatic carbocycles. The molecule has 20 nitrogen and oxygen atoms in total. The van der Waals surface area contributed by atoms with Crippen LogP contribution in [0.1, 0.15) is 0 Å². The molecule has 38 heavy (non-hydrogen) atoms. The molecule has 4 saturated heterocycles. The number of hydrogen-bond donors (Lipinski definition) is 0. The lowest BCUT2D eigenvalue weighted by Crippen LogP contribution is -2.87. The molecule has 28 heteroatoms. The summed E-state index contributed by atoms with van der Waals surface area (Å²) >= 11 is 0. The maximum atomic E-state index is 6.26. The van der Waals surface area contributed by atoms with Crippen molar-refractivity contribution in [1.29, 1.82) is 0 Å². The zero-order chi connectivity index (χ0) is 28.1. The molecular weight excluding hydrogens is 665 g/mol. The summed E-state index contributed by atoms with van der Waals surface area (Å²) in [4.78, 5) is 0. The molecule has 0 N–H and O–H groups in total. The van der Waals surface area contributed by atoms with E-state index in [1.807, 2.05) is 0 Å². The molecule has 0 spiro atoms. The van der Waals surface area contributed by atoms with E-state index in [0.717, 1.165) is 0 Å². The summed E-state index contributed by atoms with van der Waals surface area (Å²) in [6, 6.07) is 0. The van der Waals surface area contributed by atoms with Crippen LogP contribution >= 0.6 is 0 Å². The molecule has 0 aromatic heterocycles. The van der Waals surface area contributed by atoms with Crippen LogP contribution in [0.25, 0.3) is 0 Å². The van der Waals surface area contributed by atoms with E-state index >= 15 is 0 Å². The van der Waals surface area contributed by atoms with Gasteiger partial charge in [0.2, 0.25) is 0 Å². The number of hydrogen-bond acceptors (Lipinski definition) is 20. The molecule has 0 radical (unpaired) electrons. The Morgan fingerprint density at radius 1 is 0.289 bits per heavy atom. The second-order valence-electron chi connectivity index (χ2n) is 7.32. The van der Waals surface area contributed by atoms with E-state index in [9.17, 15) is 0 Å². The predicted octanol–water partition coefficient (Wildman–Crippen LogP) is -2.34. The summed E-state index contributed by atoms with van der Waals surface area (Å²) < 4.78 is 119. The number of rotatable bonds is 9. The minimum Gasteiger partial charge on any atom is -0.378 e. The van der Waals surface area contributed by atoms with Gasteiger partial charge in [0.1, 0.15) is 0 Å². The topological polar surface area (TPSA) is 185 Å². The first-order valence-electron chi connectivity index (χ1n) is 10.5. The molecule has 0 saturated carbocycles. The molecular formula is C10H30O20Si8. The maximum Gasteiger partial charge on any atom is 0.667 e. The monoisotopic (exact) mass is 694 g/mol. The quantitative estimate of drug-likeness (QED) is 0.234. The Kier molecular flexibility index (Phi) is 9.13. The van der Waals surface area contributed by atoms with Gasteiger partial charge in [0, 0.05) is 70.5 Å². The van der Waals surface area contributed by atoms with Crippen LogP contribution in [0.15, 0.2) is 0 Å². The Balaban J connectivity index is 2.09. The van der Waals surface area contributed by atoms with Gasteiger partial charge in [-0.05, 0) is 0 Å². The lowest BCUT2D eigenvalue weighted by Gasteiger charge is -2.54. The van der Waals surface area contributed by atoms with Gasteiger partial charge in [-0.25, -0.2) is 0 Å². The Morgan fingerprint density at radius 2 is 0.526 bits per heavy atom. The highest BCUT2D eigenvalue weighted by molar-refractivity contribution is 6.95. The molecule has 6 bridgehead atoms. The average molecular weight is 695 g/mol. The molecule has 4 fully saturated rings. The van der Waals surface area contributed by atoms with Crippen molar-refractivity contribution in [2.75, 3.05) is 64.0 Å². The van der Waals surface area contributed by atoms with E-state index in [1.54, 1.807) is 0 Å². The standard InChI is InChI=1S/C10H30O20Si8/c1-11-31(10)20-33(14-4)24-35(16-6)22-32(12-2,13-3)23-36(17-7)25-34(15-5,21-31)27-37(18-8,26-33)30-38(19-9,28-35)29-36/h1-10H3/t31?,33-,34?,35?,36+,37?,38?/m0/s1. The van der Waals surface area contributed by atoms with Gasteiger partial charge in [0.15, 0.2) is 0 Å². The highest BCUT2D eigenvalue weighted by atomic mass is 28.6. The molecule has 0 aromatic carbocycles. The maximum absolute atomic E-state index is 6.26. The summed E-state index contributed by atoms with van der Waals surface area (Å²) in [6.07, 6.45) is 0. The van der Waals surface area contributed by atoms with Crippen molar-refractivity contribution >= 4 is 72.1 Å². The second kappa shape index (κ2) is 10.9. The lowest BCUT2D eigenvalue weighted by molar-refractivity contribution is -0.132. The first-order valence-corrected chi connectivity index (χ1v) is 24.2. The van der Waals surface area contributed by atoms with Crippen molar-refractivity contribution in [2.24, 2.45) is 0 Å². The summed E-state index contributed by atoms with van der Waals surface area (Å²) in [5.74, 6) is 0. The lowest BCUT2D eigenvalue weighted by atomic mass is 11.8. The fraction of sp³-hybridized carbons (Fsp3) is 1.00. The summed E-state index contributed by atoms with van der Waals surface area (Å²) in [5.41, 5.74) is 0. The van der Waals surface area contributed by atoms with Crippen LogP contribution in [0.3, 0.4) is 0 Å². The van der Waals surface area contributed by atoms with Gasteiger partial charge in [-0.3, -0.25) is 0 Å². The molecule has 4 aliphatic rings. The predicted molar refractivity (Wildman–Crippen MR) is 127 cm³/mol. The molecule has 0 aromatic rings. The van der Waals surface area contributed by atoms with Gasteiger partial charge in [-0.1, -0.05) is 0 Å². The molecule has 5 unspecified atom stereocenters. The van der Waals surface area contributed by atoms with Gasteiger partial charge in [-0.15, -0.1) is 0 Å². The molecule has 7 atom stereocenters.